The summed E-state index contributed by atoms with van der Waals surface area (Å²) in [6.07, 6.45) is 1.98. The van der Waals surface area contributed by atoms with Gasteiger partial charge in [0.1, 0.15) is 0 Å². The molecule has 1 aromatic carbocycles. The zero-order valence-corrected chi connectivity index (χ0v) is 12.8. The van der Waals surface area contributed by atoms with E-state index in [-0.39, 0.29) is 11.0 Å². The molecule has 0 unspecified atom stereocenters. The van der Waals surface area contributed by atoms with Crippen LogP contribution in [0.3, 0.4) is 0 Å². The first kappa shape index (κ1) is 14.1. The zero-order chi connectivity index (χ0) is 14.2. The molecule has 2 aromatic rings. The summed E-state index contributed by atoms with van der Waals surface area (Å²) in [5.74, 6) is 0.122. The standard InChI is InChI=1S/C15H21NO2S/c1-5-16-9-13(10-19(17,18)11(2)3)14-7-6-12(4)8-15(14)16/h6-9,11H,5,10H2,1-4H3. The van der Waals surface area contributed by atoms with Crippen LogP contribution < -0.4 is 0 Å². The van der Waals surface area contributed by atoms with Gasteiger partial charge < -0.3 is 4.57 Å². The molecule has 0 aliphatic heterocycles. The second kappa shape index (κ2) is 5.00. The van der Waals surface area contributed by atoms with Crippen molar-refractivity contribution in [3.8, 4) is 0 Å². The highest BCUT2D eigenvalue weighted by Gasteiger charge is 2.19. The van der Waals surface area contributed by atoms with Crippen molar-refractivity contribution in [3.63, 3.8) is 0 Å². The van der Waals surface area contributed by atoms with E-state index in [2.05, 4.69) is 24.5 Å². The summed E-state index contributed by atoms with van der Waals surface area (Å²) in [6, 6.07) is 6.18. The van der Waals surface area contributed by atoms with Crippen LogP contribution in [0.2, 0.25) is 0 Å². The Morgan fingerprint density at radius 3 is 2.53 bits per heavy atom. The predicted molar refractivity (Wildman–Crippen MR) is 80.1 cm³/mol. The smallest absolute Gasteiger partial charge is 0.156 e. The van der Waals surface area contributed by atoms with Crippen molar-refractivity contribution in [2.24, 2.45) is 0 Å². The maximum atomic E-state index is 12.1. The zero-order valence-electron chi connectivity index (χ0n) is 12.0. The third kappa shape index (κ3) is 2.68. The highest BCUT2D eigenvalue weighted by Crippen LogP contribution is 2.25. The van der Waals surface area contributed by atoms with Crippen molar-refractivity contribution in [2.45, 2.75) is 45.2 Å². The van der Waals surface area contributed by atoms with Gasteiger partial charge in [0.2, 0.25) is 0 Å². The molecule has 0 spiro atoms. The lowest BCUT2D eigenvalue weighted by atomic mass is 10.1. The van der Waals surface area contributed by atoms with E-state index in [1.54, 1.807) is 13.8 Å². The second-order valence-electron chi connectivity index (χ2n) is 5.32. The Hall–Kier alpha value is -1.29. The minimum Gasteiger partial charge on any atom is -0.347 e. The summed E-state index contributed by atoms with van der Waals surface area (Å²) < 4.78 is 26.3. The summed E-state index contributed by atoms with van der Waals surface area (Å²) in [5, 5.41) is 0.717. The number of sulfone groups is 1. The predicted octanol–water partition coefficient (Wildman–Crippen LogP) is 3.29. The average molecular weight is 279 g/mol. The third-order valence-corrected chi connectivity index (χ3v) is 5.69. The molecule has 0 bridgehead atoms. The fourth-order valence-corrected chi connectivity index (χ4v) is 3.23. The number of rotatable bonds is 4. The molecule has 0 saturated heterocycles. The molecule has 0 aliphatic rings. The lowest BCUT2D eigenvalue weighted by Crippen LogP contribution is -2.15. The molecule has 1 aromatic heterocycles. The van der Waals surface area contributed by atoms with E-state index in [1.165, 1.54) is 5.56 Å². The molecule has 0 fully saturated rings. The fraction of sp³-hybridized carbons (Fsp3) is 0.467. The van der Waals surface area contributed by atoms with Gasteiger partial charge in [-0.1, -0.05) is 12.1 Å². The molecule has 4 heteroatoms. The van der Waals surface area contributed by atoms with Crippen LogP contribution in [0.25, 0.3) is 10.9 Å². The van der Waals surface area contributed by atoms with Crippen molar-refractivity contribution >= 4 is 20.7 Å². The maximum absolute atomic E-state index is 12.1. The largest absolute Gasteiger partial charge is 0.347 e. The van der Waals surface area contributed by atoms with E-state index in [1.807, 2.05) is 18.3 Å². The molecule has 0 aliphatic carbocycles. The minimum atomic E-state index is -3.06. The number of aryl methyl sites for hydroxylation is 2. The van der Waals surface area contributed by atoms with Crippen molar-refractivity contribution in [3.05, 3.63) is 35.5 Å². The van der Waals surface area contributed by atoms with Crippen LogP contribution in [0.5, 0.6) is 0 Å². The lowest BCUT2D eigenvalue weighted by molar-refractivity contribution is 0.586. The Labute approximate surface area is 115 Å². The van der Waals surface area contributed by atoms with Crippen LogP contribution in [0.1, 0.15) is 31.9 Å². The Bertz CT molecular complexity index is 696. The summed E-state index contributed by atoms with van der Waals surface area (Å²) in [4.78, 5) is 0. The summed E-state index contributed by atoms with van der Waals surface area (Å²) in [6.45, 7) is 8.44. The number of fused-ring (bicyclic) bond motifs is 1. The average Bonchev–Trinajstić information content (AvgIpc) is 2.66. The first-order valence-electron chi connectivity index (χ1n) is 6.65. The van der Waals surface area contributed by atoms with Gasteiger partial charge in [-0.05, 0) is 44.9 Å². The van der Waals surface area contributed by atoms with Gasteiger partial charge in [-0.2, -0.15) is 0 Å². The van der Waals surface area contributed by atoms with Crippen molar-refractivity contribution < 1.29 is 8.42 Å². The monoisotopic (exact) mass is 279 g/mol. The molecular formula is C15H21NO2S. The molecule has 3 nitrogen and oxygen atoms in total. The lowest BCUT2D eigenvalue weighted by Gasteiger charge is -2.06. The van der Waals surface area contributed by atoms with Crippen molar-refractivity contribution in [1.29, 1.82) is 0 Å². The van der Waals surface area contributed by atoms with Gasteiger partial charge in [0, 0.05) is 23.6 Å². The van der Waals surface area contributed by atoms with E-state index < -0.39 is 9.84 Å². The summed E-state index contributed by atoms with van der Waals surface area (Å²) in [5.41, 5.74) is 3.22. The van der Waals surface area contributed by atoms with Gasteiger partial charge in [0.15, 0.2) is 9.84 Å². The van der Waals surface area contributed by atoms with Crippen LogP contribution in [0.15, 0.2) is 24.4 Å². The number of aromatic nitrogens is 1. The highest BCUT2D eigenvalue weighted by atomic mass is 32.2. The van der Waals surface area contributed by atoms with E-state index in [9.17, 15) is 8.42 Å². The third-order valence-electron chi connectivity index (χ3n) is 3.54. The molecule has 0 radical (unpaired) electrons. The highest BCUT2D eigenvalue weighted by molar-refractivity contribution is 7.91. The SMILES string of the molecule is CCn1cc(CS(=O)(=O)C(C)C)c2ccc(C)cc21. The summed E-state index contributed by atoms with van der Waals surface area (Å²) in [7, 11) is -3.06. The Morgan fingerprint density at radius 2 is 1.95 bits per heavy atom. The van der Waals surface area contributed by atoms with Crippen LogP contribution in [-0.2, 0) is 22.1 Å². The van der Waals surface area contributed by atoms with Crippen LogP contribution in [0.4, 0.5) is 0 Å². The van der Waals surface area contributed by atoms with Gasteiger partial charge in [-0.15, -0.1) is 0 Å². The Morgan fingerprint density at radius 1 is 1.26 bits per heavy atom. The minimum absolute atomic E-state index is 0.122. The molecule has 104 valence electrons. The molecule has 1 heterocycles. The molecule has 0 N–H and O–H groups in total. The van der Waals surface area contributed by atoms with Crippen molar-refractivity contribution in [2.75, 3.05) is 0 Å². The van der Waals surface area contributed by atoms with Crippen LogP contribution in [0, 0.1) is 6.92 Å². The number of nitrogens with zero attached hydrogens (tertiary/aromatic N) is 1. The molecule has 2 rings (SSSR count). The Balaban J connectivity index is 2.56. The molecular weight excluding hydrogens is 258 g/mol. The topological polar surface area (TPSA) is 39.1 Å². The summed E-state index contributed by atoms with van der Waals surface area (Å²) >= 11 is 0. The fourth-order valence-electron chi connectivity index (χ4n) is 2.24. The maximum Gasteiger partial charge on any atom is 0.156 e. The Kier molecular flexibility index (Phi) is 3.72. The quantitative estimate of drug-likeness (QED) is 0.861. The van der Waals surface area contributed by atoms with Crippen molar-refractivity contribution in [1.82, 2.24) is 4.57 Å². The van der Waals surface area contributed by atoms with E-state index in [4.69, 9.17) is 0 Å². The number of hydrogen-bond donors (Lipinski definition) is 0. The van der Waals surface area contributed by atoms with Crippen LogP contribution >= 0.6 is 0 Å². The second-order valence-corrected chi connectivity index (χ2v) is 7.87. The first-order valence-corrected chi connectivity index (χ1v) is 8.36. The van der Waals surface area contributed by atoms with Gasteiger partial charge in [-0.3, -0.25) is 0 Å². The number of hydrogen-bond acceptors (Lipinski definition) is 2. The van der Waals surface area contributed by atoms with Crippen LogP contribution in [-0.4, -0.2) is 18.2 Å². The molecule has 0 atom stereocenters. The van der Waals surface area contributed by atoms with E-state index in [0.29, 0.717) is 0 Å². The van der Waals surface area contributed by atoms with Gasteiger partial charge in [0.05, 0.1) is 11.0 Å². The molecule has 0 amide bonds. The van der Waals surface area contributed by atoms with E-state index in [0.717, 1.165) is 23.0 Å². The normalized spacial score (nSPS) is 12.5. The number of benzene rings is 1. The van der Waals surface area contributed by atoms with Gasteiger partial charge in [-0.25, -0.2) is 8.42 Å². The van der Waals surface area contributed by atoms with Gasteiger partial charge in [0.25, 0.3) is 0 Å². The van der Waals surface area contributed by atoms with Gasteiger partial charge >= 0.3 is 0 Å². The molecule has 0 saturated carbocycles. The van der Waals surface area contributed by atoms with E-state index >= 15 is 0 Å². The molecule has 19 heavy (non-hydrogen) atoms. The first-order chi connectivity index (χ1) is 8.85.